The highest BCUT2D eigenvalue weighted by molar-refractivity contribution is 5.38. The second kappa shape index (κ2) is 2.96. The molecule has 0 N–H and O–H groups in total. The SMILES string of the molecule is CCCN1CCC2=CC=CC3CC23C1. The summed E-state index contributed by atoms with van der Waals surface area (Å²) >= 11 is 0. The van der Waals surface area contributed by atoms with E-state index in [9.17, 15) is 0 Å². The highest BCUT2D eigenvalue weighted by Gasteiger charge is 2.57. The maximum Gasteiger partial charge on any atom is 0.0112 e. The van der Waals surface area contributed by atoms with Crippen molar-refractivity contribution in [3.8, 4) is 0 Å². The standard InChI is InChI=1S/C13H19N/c1-2-7-14-8-6-11-4-3-5-12-9-13(11,12)10-14/h3-5,12H,2,6-10H2,1H3. The van der Waals surface area contributed by atoms with Gasteiger partial charge in [-0.1, -0.05) is 30.7 Å². The molecule has 2 unspecified atom stereocenters. The number of piperidine rings is 1. The minimum Gasteiger partial charge on any atom is -0.302 e. The number of nitrogens with zero attached hydrogens (tertiary/aromatic N) is 1. The molecule has 1 saturated carbocycles. The number of allylic oxidation sites excluding steroid dienone is 3. The van der Waals surface area contributed by atoms with Crippen LogP contribution in [0.25, 0.3) is 0 Å². The summed E-state index contributed by atoms with van der Waals surface area (Å²) in [6.45, 7) is 6.21. The molecule has 1 spiro atoms. The van der Waals surface area contributed by atoms with Crippen molar-refractivity contribution < 1.29 is 0 Å². The molecular weight excluding hydrogens is 170 g/mol. The zero-order valence-electron chi connectivity index (χ0n) is 9.00. The molecule has 1 aliphatic heterocycles. The molecule has 0 radical (unpaired) electrons. The molecule has 0 amide bonds. The van der Waals surface area contributed by atoms with Crippen molar-refractivity contribution in [3.63, 3.8) is 0 Å². The van der Waals surface area contributed by atoms with Crippen molar-refractivity contribution >= 4 is 0 Å². The van der Waals surface area contributed by atoms with Crippen molar-refractivity contribution in [3.05, 3.63) is 23.8 Å². The lowest BCUT2D eigenvalue weighted by atomic mass is 9.84. The lowest BCUT2D eigenvalue weighted by molar-refractivity contribution is 0.197. The van der Waals surface area contributed by atoms with E-state index in [1.807, 2.05) is 0 Å². The van der Waals surface area contributed by atoms with Crippen LogP contribution in [0.4, 0.5) is 0 Å². The Bertz CT molecular complexity index is 302. The molecule has 1 heterocycles. The van der Waals surface area contributed by atoms with Crippen LogP contribution in [0.3, 0.4) is 0 Å². The molecule has 0 aromatic rings. The summed E-state index contributed by atoms with van der Waals surface area (Å²) in [5.41, 5.74) is 2.36. The lowest BCUT2D eigenvalue weighted by Gasteiger charge is -2.36. The van der Waals surface area contributed by atoms with Gasteiger partial charge in [0.15, 0.2) is 0 Å². The van der Waals surface area contributed by atoms with Crippen LogP contribution in [0, 0.1) is 11.3 Å². The van der Waals surface area contributed by atoms with Crippen LogP contribution in [0.2, 0.25) is 0 Å². The number of rotatable bonds is 2. The van der Waals surface area contributed by atoms with Crippen LogP contribution in [0.15, 0.2) is 23.8 Å². The van der Waals surface area contributed by atoms with Crippen molar-refractivity contribution in [2.24, 2.45) is 11.3 Å². The molecule has 2 atom stereocenters. The fraction of sp³-hybridized carbons (Fsp3) is 0.692. The maximum atomic E-state index is 2.66. The van der Waals surface area contributed by atoms with Crippen LogP contribution in [0.1, 0.15) is 26.2 Å². The van der Waals surface area contributed by atoms with Crippen LogP contribution < -0.4 is 0 Å². The zero-order valence-corrected chi connectivity index (χ0v) is 9.00. The van der Waals surface area contributed by atoms with Crippen molar-refractivity contribution in [2.45, 2.75) is 26.2 Å². The molecule has 1 nitrogen and oxygen atoms in total. The van der Waals surface area contributed by atoms with Crippen LogP contribution in [0.5, 0.6) is 0 Å². The van der Waals surface area contributed by atoms with E-state index in [1.54, 1.807) is 5.57 Å². The second-order valence-electron chi connectivity index (χ2n) is 5.07. The van der Waals surface area contributed by atoms with Crippen LogP contribution in [-0.4, -0.2) is 24.5 Å². The van der Waals surface area contributed by atoms with Crippen LogP contribution in [-0.2, 0) is 0 Å². The predicted octanol–water partition coefficient (Wildman–Crippen LogP) is 2.60. The van der Waals surface area contributed by atoms with E-state index in [2.05, 4.69) is 30.1 Å². The van der Waals surface area contributed by atoms with E-state index < -0.39 is 0 Å². The second-order valence-corrected chi connectivity index (χ2v) is 5.07. The number of likely N-dealkylation sites (tertiary alicyclic amines) is 1. The van der Waals surface area contributed by atoms with Gasteiger partial charge in [0.25, 0.3) is 0 Å². The summed E-state index contributed by atoms with van der Waals surface area (Å²) < 4.78 is 0. The third kappa shape index (κ3) is 1.12. The molecular formula is C13H19N. The Morgan fingerprint density at radius 2 is 2.50 bits per heavy atom. The molecule has 0 aromatic heterocycles. The number of hydrogen-bond acceptors (Lipinski definition) is 1. The smallest absolute Gasteiger partial charge is 0.0112 e. The molecule has 1 saturated heterocycles. The van der Waals surface area contributed by atoms with Gasteiger partial charge in [0.05, 0.1) is 0 Å². The summed E-state index contributed by atoms with van der Waals surface area (Å²) in [4.78, 5) is 2.66. The van der Waals surface area contributed by atoms with Gasteiger partial charge in [-0.25, -0.2) is 0 Å². The fourth-order valence-electron chi connectivity index (χ4n) is 3.31. The minimum absolute atomic E-state index is 0.613. The average molecular weight is 189 g/mol. The van der Waals surface area contributed by atoms with Gasteiger partial charge in [-0.3, -0.25) is 0 Å². The Balaban J connectivity index is 1.78. The molecule has 3 rings (SSSR count). The van der Waals surface area contributed by atoms with Gasteiger partial charge >= 0.3 is 0 Å². The van der Waals surface area contributed by atoms with Gasteiger partial charge in [0.1, 0.15) is 0 Å². The van der Waals surface area contributed by atoms with E-state index in [1.165, 1.54) is 38.9 Å². The summed E-state index contributed by atoms with van der Waals surface area (Å²) in [5.74, 6) is 0.891. The average Bonchev–Trinajstić information content (AvgIpc) is 2.89. The normalized spacial score (nSPS) is 40.1. The first-order chi connectivity index (χ1) is 6.85. The predicted molar refractivity (Wildman–Crippen MR) is 59.1 cm³/mol. The summed E-state index contributed by atoms with van der Waals surface area (Å²) in [6, 6.07) is 0. The molecule has 14 heavy (non-hydrogen) atoms. The van der Waals surface area contributed by atoms with Crippen molar-refractivity contribution in [1.29, 1.82) is 0 Å². The van der Waals surface area contributed by atoms with Gasteiger partial charge < -0.3 is 4.90 Å². The Morgan fingerprint density at radius 1 is 1.57 bits per heavy atom. The van der Waals surface area contributed by atoms with Gasteiger partial charge in [0.2, 0.25) is 0 Å². The molecule has 2 aliphatic carbocycles. The van der Waals surface area contributed by atoms with Crippen molar-refractivity contribution in [1.82, 2.24) is 4.90 Å². The van der Waals surface area contributed by atoms with Gasteiger partial charge in [0, 0.05) is 18.5 Å². The van der Waals surface area contributed by atoms with Gasteiger partial charge in [-0.15, -0.1) is 0 Å². The molecule has 0 aromatic carbocycles. The zero-order chi connectivity index (χ0) is 9.60. The van der Waals surface area contributed by atoms with E-state index in [0.717, 1.165) is 5.92 Å². The van der Waals surface area contributed by atoms with E-state index in [0.29, 0.717) is 5.41 Å². The Morgan fingerprint density at radius 3 is 3.36 bits per heavy atom. The Hall–Kier alpha value is -0.560. The monoisotopic (exact) mass is 189 g/mol. The first-order valence-corrected chi connectivity index (χ1v) is 5.95. The first-order valence-electron chi connectivity index (χ1n) is 5.95. The van der Waals surface area contributed by atoms with Crippen molar-refractivity contribution in [2.75, 3.05) is 19.6 Å². The molecule has 2 fully saturated rings. The molecule has 3 aliphatic rings. The van der Waals surface area contributed by atoms with Gasteiger partial charge in [-0.05, 0) is 31.7 Å². The molecule has 76 valence electrons. The molecule has 0 bridgehead atoms. The summed E-state index contributed by atoms with van der Waals surface area (Å²) in [5, 5.41) is 0. The third-order valence-electron chi connectivity index (χ3n) is 4.16. The van der Waals surface area contributed by atoms with E-state index in [-0.39, 0.29) is 0 Å². The minimum atomic E-state index is 0.613. The Labute approximate surface area is 86.5 Å². The largest absolute Gasteiger partial charge is 0.302 e. The number of hydrogen-bond donors (Lipinski definition) is 0. The first kappa shape index (κ1) is 8.72. The third-order valence-corrected chi connectivity index (χ3v) is 4.16. The highest BCUT2D eigenvalue weighted by Crippen LogP contribution is 2.62. The topological polar surface area (TPSA) is 3.24 Å². The molecule has 1 heteroatoms. The lowest BCUT2D eigenvalue weighted by Crippen LogP contribution is -2.39. The Kier molecular flexibility index (Phi) is 1.85. The maximum absolute atomic E-state index is 2.66. The summed E-state index contributed by atoms with van der Waals surface area (Å²) in [6.07, 6.45) is 11.1. The van der Waals surface area contributed by atoms with Gasteiger partial charge in [-0.2, -0.15) is 0 Å². The van der Waals surface area contributed by atoms with E-state index in [4.69, 9.17) is 0 Å². The summed E-state index contributed by atoms with van der Waals surface area (Å²) in [7, 11) is 0. The van der Waals surface area contributed by atoms with Crippen LogP contribution >= 0.6 is 0 Å². The fourth-order valence-corrected chi connectivity index (χ4v) is 3.31. The quantitative estimate of drug-likeness (QED) is 0.645. The van der Waals surface area contributed by atoms with E-state index >= 15 is 0 Å². The highest BCUT2D eigenvalue weighted by atomic mass is 15.1.